The first kappa shape index (κ1) is 16.0. The van der Waals surface area contributed by atoms with Gasteiger partial charge in [-0.2, -0.15) is 0 Å². The Morgan fingerprint density at radius 2 is 1.95 bits per heavy atom. The zero-order chi connectivity index (χ0) is 14.1. The fourth-order valence-corrected chi connectivity index (χ4v) is 2.76. The van der Waals surface area contributed by atoms with E-state index in [2.05, 4.69) is 10.1 Å². The van der Waals surface area contributed by atoms with Crippen molar-refractivity contribution in [3.05, 3.63) is 0 Å². The van der Waals surface area contributed by atoms with Crippen molar-refractivity contribution in [2.45, 2.75) is 70.8 Å². The average molecular weight is 269 g/mol. The first-order valence-electron chi connectivity index (χ1n) is 7.48. The first-order valence-corrected chi connectivity index (χ1v) is 7.48. The Labute approximate surface area is 116 Å². The van der Waals surface area contributed by atoms with E-state index in [-0.39, 0.29) is 24.3 Å². The van der Waals surface area contributed by atoms with E-state index in [0.717, 1.165) is 12.3 Å². The molecule has 1 fully saturated rings. The minimum atomic E-state index is -0.282. The number of hydrogen-bond donors (Lipinski definition) is 1. The Morgan fingerprint density at radius 1 is 1.26 bits per heavy atom. The summed E-state index contributed by atoms with van der Waals surface area (Å²) in [5.41, 5.74) is 0. The van der Waals surface area contributed by atoms with E-state index in [1.54, 1.807) is 0 Å². The second-order valence-electron chi connectivity index (χ2n) is 5.65. The molecule has 0 radical (unpaired) electrons. The van der Waals surface area contributed by atoms with Crippen LogP contribution >= 0.6 is 0 Å². The summed E-state index contributed by atoms with van der Waals surface area (Å²) < 4.78 is 4.57. The van der Waals surface area contributed by atoms with Gasteiger partial charge in [0.1, 0.15) is 0 Å². The van der Waals surface area contributed by atoms with Gasteiger partial charge >= 0.3 is 5.97 Å². The molecule has 1 unspecified atom stereocenters. The maximum atomic E-state index is 11.7. The summed E-state index contributed by atoms with van der Waals surface area (Å²) in [6.07, 6.45) is 9.69. The third-order valence-electron chi connectivity index (χ3n) is 3.85. The van der Waals surface area contributed by atoms with Gasteiger partial charge in [0, 0.05) is 12.5 Å². The predicted molar refractivity (Wildman–Crippen MR) is 74.7 cm³/mol. The Hall–Kier alpha value is -1.06. The standard InChI is InChI=1S/C15H27NO3/c1-12(11-15(18)19-2)16-14(17)10-6-9-13-7-4-3-5-8-13/h12-13H,3-11H2,1-2H3,(H,16,17). The lowest BCUT2D eigenvalue weighted by atomic mass is 9.86. The van der Waals surface area contributed by atoms with Crippen LogP contribution in [0.1, 0.15) is 64.7 Å². The smallest absolute Gasteiger partial charge is 0.307 e. The quantitative estimate of drug-likeness (QED) is 0.723. The highest BCUT2D eigenvalue weighted by atomic mass is 16.5. The van der Waals surface area contributed by atoms with E-state index in [1.807, 2.05) is 6.92 Å². The molecule has 110 valence electrons. The SMILES string of the molecule is COC(=O)CC(C)NC(=O)CCCC1CCCCC1. The highest BCUT2D eigenvalue weighted by Crippen LogP contribution is 2.27. The molecule has 0 aliphatic heterocycles. The molecule has 19 heavy (non-hydrogen) atoms. The van der Waals surface area contributed by atoms with E-state index in [4.69, 9.17) is 0 Å². The van der Waals surface area contributed by atoms with Gasteiger partial charge in [-0.15, -0.1) is 0 Å². The van der Waals surface area contributed by atoms with Crippen LogP contribution in [-0.4, -0.2) is 25.0 Å². The summed E-state index contributed by atoms with van der Waals surface area (Å²) in [6, 6.07) is -0.144. The van der Waals surface area contributed by atoms with Gasteiger partial charge in [0.15, 0.2) is 0 Å². The van der Waals surface area contributed by atoms with Gasteiger partial charge in [-0.3, -0.25) is 9.59 Å². The van der Waals surface area contributed by atoms with Gasteiger partial charge in [0.05, 0.1) is 13.5 Å². The number of amides is 1. The zero-order valence-corrected chi connectivity index (χ0v) is 12.2. The van der Waals surface area contributed by atoms with Crippen LogP contribution in [0.4, 0.5) is 0 Å². The molecule has 1 saturated carbocycles. The second-order valence-corrected chi connectivity index (χ2v) is 5.65. The molecule has 0 spiro atoms. The number of esters is 1. The van der Waals surface area contributed by atoms with Gasteiger partial charge in [-0.25, -0.2) is 0 Å². The number of carbonyl (C=O) groups excluding carboxylic acids is 2. The van der Waals surface area contributed by atoms with Crippen LogP contribution in [0.3, 0.4) is 0 Å². The van der Waals surface area contributed by atoms with E-state index in [9.17, 15) is 9.59 Å². The Bertz CT molecular complexity index is 285. The van der Waals surface area contributed by atoms with Crippen LogP contribution in [0, 0.1) is 5.92 Å². The number of rotatable bonds is 7. The molecular weight excluding hydrogens is 242 g/mol. The topological polar surface area (TPSA) is 55.4 Å². The van der Waals surface area contributed by atoms with Gasteiger partial charge in [0.25, 0.3) is 0 Å². The Morgan fingerprint density at radius 3 is 2.58 bits per heavy atom. The zero-order valence-electron chi connectivity index (χ0n) is 12.2. The fourth-order valence-electron chi connectivity index (χ4n) is 2.76. The summed E-state index contributed by atoms with van der Waals surface area (Å²) in [4.78, 5) is 22.8. The normalized spacial score (nSPS) is 17.8. The van der Waals surface area contributed by atoms with Gasteiger partial charge in [-0.05, 0) is 25.7 Å². The van der Waals surface area contributed by atoms with Crippen LogP contribution in [0.25, 0.3) is 0 Å². The van der Waals surface area contributed by atoms with Crippen molar-refractivity contribution in [1.82, 2.24) is 5.32 Å². The maximum absolute atomic E-state index is 11.7. The fraction of sp³-hybridized carbons (Fsp3) is 0.867. The Balaban J connectivity index is 2.08. The van der Waals surface area contributed by atoms with Crippen molar-refractivity contribution in [3.63, 3.8) is 0 Å². The predicted octanol–water partition coefficient (Wildman–Crippen LogP) is 2.80. The lowest BCUT2D eigenvalue weighted by molar-refractivity contribution is -0.141. The van der Waals surface area contributed by atoms with Gasteiger partial charge < -0.3 is 10.1 Å². The van der Waals surface area contributed by atoms with Crippen LogP contribution < -0.4 is 5.32 Å². The molecule has 1 aliphatic carbocycles. The minimum Gasteiger partial charge on any atom is -0.469 e. The molecule has 4 nitrogen and oxygen atoms in total. The summed E-state index contributed by atoms with van der Waals surface area (Å²) in [5.74, 6) is 0.594. The number of carbonyl (C=O) groups is 2. The Kier molecular flexibility index (Phi) is 7.53. The summed E-state index contributed by atoms with van der Waals surface area (Å²) in [6.45, 7) is 1.83. The summed E-state index contributed by atoms with van der Waals surface area (Å²) >= 11 is 0. The average Bonchev–Trinajstić information content (AvgIpc) is 2.39. The molecule has 0 heterocycles. The lowest BCUT2D eigenvalue weighted by Crippen LogP contribution is -2.34. The highest BCUT2D eigenvalue weighted by Gasteiger charge is 2.15. The molecule has 1 atom stereocenters. The van der Waals surface area contributed by atoms with Crippen molar-refractivity contribution in [2.75, 3.05) is 7.11 Å². The molecule has 4 heteroatoms. The molecular formula is C15H27NO3. The molecule has 0 aromatic rings. The first-order chi connectivity index (χ1) is 9.11. The molecule has 0 aromatic carbocycles. The lowest BCUT2D eigenvalue weighted by Gasteiger charge is -2.21. The molecule has 1 N–H and O–H groups in total. The number of ether oxygens (including phenoxy) is 1. The van der Waals surface area contributed by atoms with E-state index >= 15 is 0 Å². The van der Waals surface area contributed by atoms with Crippen molar-refractivity contribution >= 4 is 11.9 Å². The van der Waals surface area contributed by atoms with E-state index in [0.29, 0.717) is 6.42 Å². The van der Waals surface area contributed by atoms with E-state index in [1.165, 1.54) is 45.6 Å². The minimum absolute atomic E-state index is 0.0483. The number of nitrogens with one attached hydrogen (secondary N) is 1. The van der Waals surface area contributed by atoms with Crippen molar-refractivity contribution in [2.24, 2.45) is 5.92 Å². The second kappa shape index (κ2) is 8.94. The van der Waals surface area contributed by atoms with Crippen molar-refractivity contribution < 1.29 is 14.3 Å². The largest absolute Gasteiger partial charge is 0.469 e. The van der Waals surface area contributed by atoms with E-state index < -0.39 is 0 Å². The van der Waals surface area contributed by atoms with Crippen LogP contribution in [-0.2, 0) is 14.3 Å². The van der Waals surface area contributed by atoms with Gasteiger partial charge in [0.2, 0.25) is 5.91 Å². The monoisotopic (exact) mass is 269 g/mol. The molecule has 0 saturated heterocycles. The third kappa shape index (κ3) is 7.19. The molecule has 0 bridgehead atoms. The van der Waals surface area contributed by atoms with Crippen LogP contribution in [0.2, 0.25) is 0 Å². The highest BCUT2D eigenvalue weighted by molar-refractivity contribution is 5.77. The molecule has 1 rings (SSSR count). The third-order valence-corrected chi connectivity index (χ3v) is 3.85. The van der Waals surface area contributed by atoms with Crippen molar-refractivity contribution in [3.8, 4) is 0 Å². The maximum Gasteiger partial charge on any atom is 0.307 e. The molecule has 0 aromatic heterocycles. The molecule has 1 amide bonds. The summed E-state index contributed by atoms with van der Waals surface area (Å²) in [7, 11) is 1.36. The van der Waals surface area contributed by atoms with Crippen LogP contribution in [0.5, 0.6) is 0 Å². The van der Waals surface area contributed by atoms with Gasteiger partial charge in [-0.1, -0.05) is 32.1 Å². The summed E-state index contributed by atoms with van der Waals surface area (Å²) in [5, 5.41) is 2.84. The van der Waals surface area contributed by atoms with Crippen molar-refractivity contribution in [1.29, 1.82) is 0 Å². The molecule has 1 aliphatic rings. The van der Waals surface area contributed by atoms with Crippen LogP contribution in [0.15, 0.2) is 0 Å². The number of methoxy groups -OCH3 is 1. The number of hydrogen-bond acceptors (Lipinski definition) is 3.